The third-order valence-electron chi connectivity index (χ3n) is 9.86. The lowest BCUT2D eigenvalue weighted by molar-refractivity contribution is -0.167. The Hall–Kier alpha value is -1.59. The number of esters is 3. The number of carbonyl (C=O) groups excluding carboxylic acids is 3. The number of carbonyl (C=O) groups is 3. The zero-order valence-electron chi connectivity index (χ0n) is 33.7. The fourth-order valence-electron chi connectivity index (χ4n) is 6.50. The van der Waals surface area contributed by atoms with Crippen molar-refractivity contribution in [3.63, 3.8) is 0 Å². The minimum atomic E-state index is -0.755. The van der Waals surface area contributed by atoms with E-state index in [1.807, 2.05) is 0 Å². The molecule has 0 aromatic carbocycles. The van der Waals surface area contributed by atoms with Gasteiger partial charge in [0.1, 0.15) is 13.2 Å². The summed E-state index contributed by atoms with van der Waals surface area (Å²) >= 11 is 0. The molecule has 0 unspecified atom stereocenters. The summed E-state index contributed by atoms with van der Waals surface area (Å²) in [6.45, 7) is 6.55. The highest BCUT2D eigenvalue weighted by molar-refractivity contribution is 5.71. The lowest BCUT2D eigenvalue weighted by Crippen LogP contribution is -2.30. The topological polar surface area (TPSA) is 78.9 Å². The molecule has 0 aliphatic carbocycles. The maximum atomic E-state index is 12.6. The van der Waals surface area contributed by atoms with Crippen LogP contribution in [0.4, 0.5) is 0 Å². The van der Waals surface area contributed by atoms with Crippen LogP contribution in [0.1, 0.15) is 245 Å². The van der Waals surface area contributed by atoms with Crippen LogP contribution in [0.2, 0.25) is 0 Å². The van der Waals surface area contributed by atoms with Gasteiger partial charge in [-0.05, 0) is 19.3 Å². The third kappa shape index (κ3) is 37.7. The number of rotatable bonds is 40. The predicted molar refractivity (Wildman–Crippen MR) is 210 cm³/mol. The lowest BCUT2D eigenvalue weighted by Gasteiger charge is -2.18. The SMILES string of the molecule is CCCCCCCCCCCCCCCCCCCCC(=O)O[C@@H](COC(=O)CCCCCCC)COC(=O)CCCCCCCCCCC. The quantitative estimate of drug-likeness (QED) is 0.0358. The molecule has 0 amide bonds. The first-order chi connectivity index (χ1) is 24.5. The van der Waals surface area contributed by atoms with Gasteiger partial charge in [-0.3, -0.25) is 14.4 Å². The number of ether oxygens (including phenoxy) is 3. The van der Waals surface area contributed by atoms with Gasteiger partial charge in [0.25, 0.3) is 0 Å². The molecule has 50 heavy (non-hydrogen) atoms. The van der Waals surface area contributed by atoms with Crippen molar-refractivity contribution in [2.45, 2.75) is 252 Å². The van der Waals surface area contributed by atoms with Gasteiger partial charge in [-0.15, -0.1) is 0 Å². The van der Waals surface area contributed by atoms with E-state index < -0.39 is 6.10 Å². The Bertz CT molecular complexity index is 738. The fraction of sp³-hybridized carbons (Fsp3) is 0.932. The molecule has 0 bridgehead atoms. The summed E-state index contributed by atoms with van der Waals surface area (Å²) in [7, 11) is 0. The van der Waals surface area contributed by atoms with E-state index in [-0.39, 0.29) is 31.1 Å². The highest BCUT2D eigenvalue weighted by Crippen LogP contribution is 2.16. The zero-order chi connectivity index (χ0) is 36.6. The molecule has 0 saturated heterocycles. The van der Waals surface area contributed by atoms with Crippen molar-refractivity contribution in [1.82, 2.24) is 0 Å². The van der Waals surface area contributed by atoms with Crippen molar-refractivity contribution in [1.29, 1.82) is 0 Å². The molecule has 0 fully saturated rings. The van der Waals surface area contributed by atoms with Gasteiger partial charge in [0.2, 0.25) is 0 Å². The molecule has 0 radical (unpaired) electrons. The average molecular weight is 709 g/mol. The molecule has 6 heteroatoms. The van der Waals surface area contributed by atoms with Gasteiger partial charge in [0.15, 0.2) is 6.10 Å². The summed E-state index contributed by atoms with van der Waals surface area (Å²) in [6.07, 6.45) is 39.8. The van der Waals surface area contributed by atoms with Crippen LogP contribution in [-0.4, -0.2) is 37.2 Å². The van der Waals surface area contributed by atoms with Gasteiger partial charge in [-0.2, -0.15) is 0 Å². The van der Waals surface area contributed by atoms with Gasteiger partial charge >= 0.3 is 17.9 Å². The second-order valence-corrected chi connectivity index (χ2v) is 15.0. The Morgan fingerprint density at radius 1 is 0.320 bits per heavy atom. The second-order valence-electron chi connectivity index (χ2n) is 15.0. The molecule has 0 saturated carbocycles. The Morgan fingerprint density at radius 3 is 0.800 bits per heavy atom. The van der Waals surface area contributed by atoms with Gasteiger partial charge in [0.05, 0.1) is 0 Å². The van der Waals surface area contributed by atoms with E-state index in [1.165, 1.54) is 141 Å². The van der Waals surface area contributed by atoms with Crippen LogP contribution < -0.4 is 0 Å². The van der Waals surface area contributed by atoms with E-state index in [4.69, 9.17) is 14.2 Å². The van der Waals surface area contributed by atoms with Crippen LogP contribution in [0.5, 0.6) is 0 Å². The van der Waals surface area contributed by atoms with E-state index in [9.17, 15) is 14.4 Å². The van der Waals surface area contributed by atoms with Crippen molar-refractivity contribution in [2.24, 2.45) is 0 Å². The molecule has 296 valence electrons. The molecule has 6 nitrogen and oxygen atoms in total. The van der Waals surface area contributed by atoms with E-state index >= 15 is 0 Å². The van der Waals surface area contributed by atoms with Gasteiger partial charge < -0.3 is 14.2 Å². The average Bonchev–Trinajstić information content (AvgIpc) is 3.11. The summed E-state index contributed by atoms with van der Waals surface area (Å²) < 4.78 is 16.6. The lowest BCUT2D eigenvalue weighted by atomic mass is 10.0. The summed E-state index contributed by atoms with van der Waals surface area (Å²) in [6, 6.07) is 0. The van der Waals surface area contributed by atoms with Crippen molar-refractivity contribution in [3.8, 4) is 0 Å². The van der Waals surface area contributed by atoms with Crippen LogP contribution >= 0.6 is 0 Å². The highest BCUT2D eigenvalue weighted by Gasteiger charge is 2.19. The van der Waals surface area contributed by atoms with E-state index in [2.05, 4.69) is 20.8 Å². The molecule has 0 aliphatic rings. The van der Waals surface area contributed by atoms with Crippen LogP contribution in [0.3, 0.4) is 0 Å². The Kier molecular flexibility index (Phi) is 38.9. The standard InChI is InChI=1S/C44H84O6/c1-4-7-10-13-15-17-18-19-20-21-22-23-24-25-27-29-32-35-38-44(47)50-41(39-48-42(45)36-33-30-12-9-6-3)40-49-43(46)37-34-31-28-26-16-14-11-8-5-2/h41H,4-40H2,1-3H3/t41-/m0/s1. The minimum absolute atomic E-state index is 0.0646. The number of hydrogen-bond donors (Lipinski definition) is 0. The van der Waals surface area contributed by atoms with Crippen molar-refractivity contribution in [3.05, 3.63) is 0 Å². The first-order valence-corrected chi connectivity index (χ1v) is 22.0. The van der Waals surface area contributed by atoms with Crippen LogP contribution in [0.25, 0.3) is 0 Å². The monoisotopic (exact) mass is 709 g/mol. The maximum Gasteiger partial charge on any atom is 0.306 e. The zero-order valence-corrected chi connectivity index (χ0v) is 33.7. The maximum absolute atomic E-state index is 12.6. The highest BCUT2D eigenvalue weighted by atomic mass is 16.6. The molecular formula is C44H84O6. The summed E-state index contributed by atoms with van der Waals surface area (Å²) in [4.78, 5) is 37.3. The molecule has 0 N–H and O–H groups in total. The molecule has 0 heterocycles. The minimum Gasteiger partial charge on any atom is -0.462 e. The van der Waals surface area contributed by atoms with Crippen molar-refractivity contribution in [2.75, 3.05) is 13.2 Å². The smallest absolute Gasteiger partial charge is 0.306 e. The van der Waals surface area contributed by atoms with Gasteiger partial charge in [-0.25, -0.2) is 0 Å². The molecule has 1 atom stereocenters. The predicted octanol–water partition coefficient (Wildman–Crippen LogP) is 13.7. The first kappa shape index (κ1) is 48.4. The largest absolute Gasteiger partial charge is 0.462 e. The van der Waals surface area contributed by atoms with Gasteiger partial charge in [-0.1, -0.05) is 207 Å². The normalized spacial score (nSPS) is 11.8. The van der Waals surface area contributed by atoms with Gasteiger partial charge in [0, 0.05) is 19.3 Å². The van der Waals surface area contributed by atoms with E-state index in [0.717, 1.165) is 64.2 Å². The van der Waals surface area contributed by atoms with Crippen molar-refractivity contribution >= 4 is 17.9 Å². The van der Waals surface area contributed by atoms with Crippen LogP contribution in [-0.2, 0) is 28.6 Å². The molecule has 0 spiro atoms. The van der Waals surface area contributed by atoms with Crippen molar-refractivity contribution < 1.29 is 28.6 Å². The number of unbranched alkanes of at least 4 members (excludes halogenated alkanes) is 29. The molecule has 0 aromatic rings. The van der Waals surface area contributed by atoms with E-state index in [1.54, 1.807) is 0 Å². The summed E-state index contributed by atoms with van der Waals surface area (Å²) in [5.41, 5.74) is 0. The number of hydrogen-bond acceptors (Lipinski definition) is 6. The third-order valence-corrected chi connectivity index (χ3v) is 9.86. The molecular weight excluding hydrogens is 624 g/mol. The summed E-state index contributed by atoms with van der Waals surface area (Å²) in [5, 5.41) is 0. The Labute approximate surface area is 310 Å². The summed E-state index contributed by atoms with van der Waals surface area (Å²) in [5.74, 6) is -0.871. The van der Waals surface area contributed by atoms with Crippen LogP contribution in [0.15, 0.2) is 0 Å². The fourth-order valence-corrected chi connectivity index (χ4v) is 6.50. The first-order valence-electron chi connectivity index (χ1n) is 22.0. The Balaban J connectivity index is 4.12. The molecule has 0 rings (SSSR count). The van der Waals surface area contributed by atoms with E-state index in [0.29, 0.717) is 19.3 Å². The van der Waals surface area contributed by atoms with Crippen LogP contribution in [0, 0.1) is 0 Å². The molecule has 0 aromatic heterocycles. The Morgan fingerprint density at radius 2 is 0.540 bits per heavy atom. The molecule has 0 aliphatic heterocycles. The second kappa shape index (κ2) is 40.2.